The summed E-state index contributed by atoms with van der Waals surface area (Å²) in [5, 5.41) is 0.535. The van der Waals surface area contributed by atoms with Gasteiger partial charge in [-0.1, -0.05) is 24.3 Å². The van der Waals surface area contributed by atoms with Crippen LogP contribution in [0, 0.1) is 0 Å². The van der Waals surface area contributed by atoms with Crippen molar-refractivity contribution in [3.8, 4) is 0 Å². The number of amides is 1. The average molecular weight is 384 g/mol. The fourth-order valence-corrected chi connectivity index (χ4v) is 5.20. The molecule has 1 aliphatic heterocycles. The van der Waals surface area contributed by atoms with Crippen LogP contribution in [0.3, 0.4) is 0 Å². The van der Waals surface area contributed by atoms with E-state index in [1.807, 2.05) is 30.3 Å². The van der Waals surface area contributed by atoms with Gasteiger partial charge in [-0.15, -0.1) is 0 Å². The molecule has 0 spiro atoms. The van der Waals surface area contributed by atoms with Crippen molar-refractivity contribution < 1.29 is 17.6 Å². The molecule has 3 aromatic rings. The molecule has 27 heavy (non-hydrogen) atoms. The Morgan fingerprint density at radius 1 is 1.07 bits per heavy atom. The molecule has 2 aromatic heterocycles. The van der Waals surface area contributed by atoms with Crippen LogP contribution in [0.2, 0.25) is 0 Å². The number of hydrogen-bond donors (Lipinski definition) is 0. The fraction of sp³-hybridized carbons (Fsp3) is 0.300. The normalized spacial score (nSPS) is 15.9. The summed E-state index contributed by atoms with van der Waals surface area (Å²) in [6, 6.07) is 14.6. The summed E-state index contributed by atoms with van der Waals surface area (Å²) < 4.78 is 30.3. The van der Waals surface area contributed by atoms with Gasteiger partial charge in [-0.3, -0.25) is 4.79 Å². The van der Waals surface area contributed by atoms with E-state index in [9.17, 15) is 13.2 Å². The molecular formula is C20H20N2O4S. The summed E-state index contributed by atoms with van der Waals surface area (Å²) in [5.74, 6) is 0.210. The van der Waals surface area contributed by atoms with Crippen molar-refractivity contribution in [1.29, 1.82) is 0 Å². The molecule has 1 amide bonds. The number of aromatic nitrogens is 1. The van der Waals surface area contributed by atoms with E-state index in [-0.39, 0.29) is 11.7 Å². The molecule has 6 nitrogen and oxygen atoms in total. The number of piperidine rings is 1. The molecule has 3 heterocycles. The van der Waals surface area contributed by atoms with E-state index in [1.54, 1.807) is 23.1 Å². The first kappa shape index (κ1) is 17.7. The van der Waals surface area contributed by atoms with E-state index in [4.69, 9.17) is 4.42 Å². The van der Waals surface area contributed by atoms with Gasteiger partial charge >= 0.3 is 0 Å². The molecular weight excluding hydrogens is 364 g/mol. The quantitative estimate of drug-likeness (QED) is 0.691. The standard InChI is InChI=1S/C20H20N2O4S/c23-20(19-8-7-15-4-1-2-6-18(15)21-19)22-11-9-17(10-12-22)27(24,25)14-16-5-3-13-26-16/h1-8,13,17H,9-12,14H2. The van der Waals surface area contributed by atoms with Crippen molar-refractivity contribution in [2.24, 2.45) is 0 Å². The lowest BCUT2D eigenvalue weighted by atomic mass is 10.1. The van der Waals surface area contributed by atoms with Crippen LogP contribution < -0.4 is 0 Å². The Hall–Kier alpha value is -2.67. The summed E-state index contributed by atoms with van der Waals surface area (Å²) in [4.78, 5) is 18.9. The second kappa shape index (κ2) is 7.15. The molecule has 1 saturated heterocycles. The van der Waals surface area contributed by atoms with Crippen molar-refractivity contribution in [1.82, 2.24) is 9.88 Å². The number of rotatable bonds is 4. The van der Waals surface area contributed by atoms with E-state index in [0.717, 1.165) is 10.9 Å². The topological polar surface area (TPSA) is 80.5 Å². The number of carbonyl (C=O) groups excluding carboxylic acids is 1. The number of sulfone groups is 1. The molecule has 7 heteroatoms. The predicted molar refractivity (Wildman–Crippen MR) is 102 cm³/mol. The number of fused-ring (bicyclic) bond motifs is 1. The highest BCUT2D eigenvalue weighted by molar-refractivity contribution is 7.91. The number of furan rings is 1. The molecule has 0 aliphatic carbocycles. The van der Waals surface area contributed by atoms with Gasteiger partial charge in [0.2, 0.25) is 0 Å². The van der Waals surface area contributed by atoms with Gasteiger partial charge in [0.1, 0.15) is 17.2 Å². The predicted octanol–water partition coefficient (Wildman–Crippen LogP) is 3.05. The van der Waals surface area contributed by atoms with Gasteiger partial charge in [0, 0.05) is 18.5 Å². The largest absolute Gasteiger partial charge is 0.468 e. The van der Waals surface area contributed by atoms with Gasteiger partial charge in [0.05, 0.1) is 17.0 Å². The lowest BCUT2D eigenvalue weighted by Gasteiger charge is -2.31. The molecule has 0 unspecified atom stereocenters. The zero-order valence-corrected chi connectivity index (χ0v) is 15.6. The molecule has 0 bridgehead atoms. The Balaban J connectivity index is 1.43. The third-order valence-corrected chi connectivity index (χ3v) is 7.15. The summed E-state index contributed by atoms with van der Waals surface area (Å²) >= 11 is 0. The smallest absolute Gasteiger partial charge is 0.272 e. The van der Waals surface area contributed by atoms with Crippen LogP contribution >= 0.6 is 0 Å². The van der Waals surface area contributed by atoms with Gasteiger partial charge < -0.3 is 9.32 Å². The molecule has 1 aliphatic rings. The van der Waals surface area contributed by atoms with Crippen molar-refractivity contribution in [2.75, 3.05) is 13.1 Å². The van der Waals surface area contributed by atoms with Gasteiger partial charge in [0.15, 0.2) is 9.84 Å². The second-order valence-electron chi connectivity index (χ2n) is 6.77. The van der Waals surface area contributed by atoms with Gasteiger partial charge in [0.25, 0.3) is 5.91 Å². The van der Waals surface area contributed by atoms with Crippen LogP contribution in [-0.2, 0) is 15.6 Å². The van der Waals surface area contributed by atoms with Crippen molar-refractivity contribution in [3.63, 3.8) is 0 Å². The number of nitrogens with zero attached hydrogens (tertiary/aromatic N) is 2. The second-order valence-corrected chi connectivity index (χ2v) is 9.05. The van der Waals surface area contributed by atoms with Crippen LogP contribution in [0.5, 0.6) is 0 Å². The minimum atomic E-state index is -3.30. The summed E-state index contributed by atoms with van der Waals surface area (Å²) in [7, 11) is -3.30. The van der Waals surface area contributed by atoms with Crippen molar-refractivity contribution in [2.45, 2.75) is 23.8 Å². The van der Waals surface area contributed by atoms with Gasteiger partial charge in [-0.25, -0.2) is 13.4 Å². The zero-order chi connectivity index (χ0) is 18.9. The van der Waals surface area contributed by atoms with Crippen molar-refractivity contribution >= 4 is 26.6 Å². The Morgan fingerprint density at radius 2 is 1.85 bits per heavy atom. The minimum Gasteiger partial charge on any atom is -0.468 e. The van der Waals surface area contributed by atoms with E-state index < -0.39 is 15.1 Å². The maximum atomic E-state index is 12.8. The van der Waals surface area contributed by atoms with Gasteiger partial charge in [-0.05, 0) is 37.1 Å². The molecule has 1 aromatic carbocycles. The zero-order valence-electron chi connectivity index (χ0n) is 14.7. The third kappa shape index (κ3) is 3.73. The first-order chi connectivity index (χ1) is 13.0. The maximum absolute atomic E-state index is 12.8. The lowest BCUT2D eigenvalue weighted by molar-refractivity contribution is 0.0720. The lowest BCUT2D eigenvalue weighted by Crippen LogP contribution is -2.43. The van der Waals surface area contributed by atoms with Crippen LogP contribution in [0.1, 0.15) is 29.1 Å². The summed E-state index contributed by atoms with van der Waals surface area (Å²) in [5.41, 5.74) is 1.17. The fourth-order valence-electron chi connectivity index (χ4n) is 3.48. The van der Waals surface area contributed by atoms with Crippen molar-refractivity contribution in [3.05, 3.63) is 66.2 Å². The van der Waals surface area contributed by atoms with E-state index in [2.05, 4.69) is 4.98 Å². The maximum Gasteiger partial charge on any atom is 0.272 e. The number of likely N-dealkylation sites (tertiary alicyclic amines) is 1. The first-order valence-corrected chi connectivity index (χ1v) is 10.6. The molecule has 0 atom stereocenters. The number of benzene rings is 1. The first-order valence-electron chi connectivity index (χ1n) is 8.92. The Kier molecular flexibility index (Phi) is 4.70. The highest BCUT2D eigenvalue weighted by atomic mass is 32.2. The summed E-state index contributed by atoms with van der Waals surface area (Å²) in [6.45, 7) is 0.824. The molecule has 0 radical (unpaired) electrons. The van der Waals surface area contributed by atoms with E-state index in [0.29, 0.717) is 37.4 Å². The number of pyridine rings is 1. The Morgan fingerprint density at radius 3 is 2.59 bits per heavy atom. The molecule has 1 fully saturated rings. The molecule has 140 valence electrons. The minimum absolute atomic E-state index is 0.0924. The van der Waals surface area contributed by atoms with E-state index >= 15 is 0 Å². The van der Waals surface area contributed by atoms with E-state index in [1.165, 1.54) is 6.26 Å². The van der Waals surface area contributed by atoms with Crippen LogP contribution in [-0.4, -0.2) is 42.5 Å². The Labute approximate surface area is 157 Å². The molecule has 0 saturated carbocycles. The Bertz CT molecular complexity index is 1050. The molecule has 4 rings (SSSR count). The highest BCUT2D eigenvalue weighted by Gasteiger charge is 2.32. The SMILES string of the molecule is O=C(c1ccc2ccccc2n1)N1CCC(S(=O)(=O)Cc2ccco2)CC1. The summed E-state index contributed by atoms with van der Waals surface area (Å²) in [6.07, 6.45) is 2.34. The number of para-hydroxylation sites is 1. The third-order valence-electron chi connectivity index (χ3n) is 4.98. The van der Waals surface area contributed by atoms with Crippen LogP contribution in [0.15, 0.2) is 59.2 Å². The number of carbonyl (C=O) groups is 1. The average Bonchev–Trinajstić information content (AvgIpc) is 3.19. The monoisotopic (exact) mass is 384 g/mol. The highest BCUT2D eigenvalue weighted by Crippen LogP contribution is 2.23. The van der Waals surface area contributed by atoms with Gasteiger partial charge in [-0.2, -0.15) is 0 Å². The number of hydrogen-bond acceptors (Lipinski definition) is 5. The van der Waals surface area contributed by atoms with Crippen LogP contribution in [0.4, 0.5) is 0 Å². The van der Waals surface area contributed by atoms with Crippen LogP contribution in [0.25, 0.3) is 10.9 Å². The molecule has 0 N–H and O–H groups in total.